The Labute approximate surface area is 406 Å². The second kappa shape index (κ2) is 20.5. The largest absolute Gasteiger partial charge is 0.462 e. The van der Waals surface area contributed by atoms with Crippen molar-refractivity contribution in [3.05, 3.63) is 0 Å². The summed E-state index contributed by atoms with van der Waals surface area (Å²) in [5.74, 6) is 1.51. The predicted octanol–water partition coefficient (Wildman–Crippen LogP) is 2.42. The van der Waals surface area contributed by atoms with E-state index >= 15 is 0 Å². The van der Waals surface area contributed by atoms with Crippen molar-refractivity contribution < 1.29 is 88.3 Å². The van der Waals surface area contributed by atoms with Crippen LogP contribution in [-0.2, 0) is 47.4 Å². The van der Waals surface area contributed by atoms with Crippen molar-refractivity contribution in [2.75, 3.05) is 13.2 Å². The smallest absolute Gasteiger partial charge is 0.306 e. The van der Waals surface area contributed by atoms with Crippen molar-refractivity contribution in [2.45, 2.75) is 248 Å². The molecular weight excluding hydrogens is 901 g/mol. The molecule has 4 saturated carbocycles. The Morgan fingerprint density at radius 2 is 1.30 bits per heavy atom. The maximum Gasteiger partial charge on any atom is 0.306 e. The molecule has 0 aromatic carbocycles. The first-order chi connectivity index (χ1) is 32.7. The predicted molar refractivity (Wildman–Crippen MR) is 242 cm³/mol. The van der Waals surface area contributed by atoms with Crippen LogP contribution in [0.25, 0.3) is 0 Å². The van der Waals surface area contributed by atoms with E-state index in [4.69, 9.17) is 42.6 Å². The molecule has 69 heavy (non-hydrogen) atoms. The zero-order valence-corrected chi connectivity index (χ0v) is 41.7. The highest BCUT2D eigenvalue weighted by atomic mass is 16.8. The summed E-state index contributed by atoms with van der Waals surface area (Å²) in [5.41, 5.74) is -0.146. The van der Waals surface area contributed by atoms with E-state index in [1.54, 1.807) is 0 Å². The maximum atomic E-state index is 13.8. The van der Waals surface area contributed by atoms with Gasteiger partial charge in [0.05, 0.1) is 37.6 Å². The molecule has 18 nitrogen and oxygen atoms in total. The van der Waals surface area contributed by atoms with Gasteiger partial charge in [-0.2, -0.15) is 0 Å². The lowest BCUT2D eigenvalue weighted by atomic mass is 9.43. The topological polar surface area (TPSA) is 262 Å². The molecule has 5 aliphatic heterocycles. The molecule has 0 amide bonds. The molecule has 4 aliphatic carbocycles. The number of carbonyl (C=O) groups is 1. The maximum absolute atomic E-state index is 13.8. The van der Waals surface area contributed by atoms with E-state index in [1.807, 2.05) is 0 Å². The van der Waals surface area contributed by atoms with Crippen molar-refractivity contribution >= 4 is 5.97 Å². The van der Waals surface area contributed by atoms with Crippen LogP contribution in [-0.4, -0.2) is 176 Å². The van der Waals surface area contributed by atoms with Crippen molar-refractivity contribution in [1.29, 1.82) is 0 Å². The molecule has 0 radical (unpaired) electrons. The summed E-state index contributed by atoms with van der Waals surface area (Å²) < 4.78 is 57.3. The van der Waals surface area contributed by atoms with Crippen LogP contribution in [0.3, 0.4) is 0 Å². The zero-order valence-electron chi connectivity index (χ0n) is 41.7. The van der Waals surface area contributed by atoms with E-state index in [1.165, 1.54) is 13.8 Å². The van der Waals surface area contributed by atoms with Gasteiger partial charge in [0, 0.05) is 24.7 Å². The number of aliphatic hydroxyl groups is 8. The number of fused-ring (bicyclic) bond motifs is 7. The van der Waals surface area contributed by atoms with E-state index in [-0.39, 0.29) is 40.8 Å². The lowest BCUT2D eigenvalue weighted by Gasteiger charge is -2.63. The number of unbranched alkanes of at least 4 members (excludes halogenated alkanes) is 2. The van der Waals surface area contributed by atoms with Gasteiger partial charge < -0.3 is 83.5 Å². The van der Waals surface area contributed by atoms with Crippen molar-refractivity contribution in [3.8, 4) is 0 Å². The molecule has 9 rings (SSSR count). The van der Waals surface area contributed by atoms with Crippen LogP contribution < -0.4 is 0 Å². The van der Waals surface area contributed by atoms with Gasteiger partial charge in [-0.1, -0.05) is 47.5 Å². The number of ether oxygens (including phenoxy) is 9. The lowest BCUT2D eigenvalue weighted by Crippen LogP contribution is -2.66. The second-order valence-electron chi connectivity index (χ2n) is 23.5. The van der Waals surface area contributed by atoms with Gasteiger partial charge in [0.2, 0.25) is 0 Å². The lowest BCUT2D eigenvalue weighted by molar-refractivity contribution is -0.389. The van der Waals surface area contributed by atoms with E-state index < -0.39 is 111 Å². The van der Waals surface area contributed by atoms with Gasteiger partial charge in [-0.05, 0) is 112 Å². The molecular formula is C51H84O18. The van der Waals surface area contributed by atoms with Crippen molar-refractivity contribution in [2.24, 2.45) is 52.3 Å². The molecule has 8 N–H and O–H groups in total. The highest BCUT2D eigenvalue weighted by Crippen LogP contribution is 2.71. The molecule has 9 aliphatic rings. The first-order valence-corrected chi connectivity index (χ1v) is 26.6. The van der Waals surface area contributed by atoms with Gasteiger partial charge in [-0.15, -0.1) is 0 Å². The van der Waals surface area contributed by atoms with E-state index in [2.05, 4.69) is 34.6 Å². The number of hydrogen-bond acceptors (Lipinski definition) is 18. The average Bonchev–Trinajstić information content (AvgIpc) is 3.77. The minimum Gasteiger partial charge on any atom is -0.462 e. The van der Waals surface area contributed by atoms with Gasteiger partial charge in [0.1, 0.15) is 67.1 Å². The Morgan fingerprint density at radius 3 is 1.93 bits per heavy atom. The average molecular weight is 985 g/mol. The number of rotatable bonds is 12. The number of carbonyl (C=O) groups excluding carboxylic acids is 1. The quantitative estimate of drug-likeness (QED) is 0.0793. The number of esters is 1. The van der Waals surface area contributed by atoms with Gasteiger partial charge in [0.15, 0.2) is 24.7 Å². The number of aliphatic hydroxyl groups excluding tert-OH is 8. The van der Waals surface area contributed by atoms with Crippen LogP contribution in [0.4, 0.5) is 0 Å². The Bertz CT molecular complexity index is 1750. The van der Waals surface area contributed by atoms with E-state index in [0.717, 1.165) is 70.8 Å². The summed E-state index contributed by atoms with van der Waals surface area (Å²) >= 11 is 0. The van der Waals surface area contributed by atoms with Crippen LogP contribution in [0, 0.1) is 52.3 Å². The molecule has 28 atom stereocenters. The SMILES string of the molecule is CCCCCC(=O)O[C@H]1CC2C3CC4O[C@]5(CC[C@@H](C)CO5)C(C)C4[C@@]3(C)CCC2[C@@]2(C)CC[C@H](O[C@@H]3O[C@H](CO)[C@@H](O[C@@H]4O[C@@H](C)[C@H](O)[C@@H](O)[C@H]4O)[C@H](O)[C@H]3O[C@@H]3O[C@@H](C)[C@H](O)[C@@H](O)[C@H]3O)CC12. The fourth-order valence-corrected chi connectivity index (χ4v) is 15.5. The van der Waals surface area contributed by atoms with Crippen LogP contribution in [0.1, 0.15) is 132 Å². The van der Waals surface area contributed by atoms with E-state index in [9.17, 15) is 45.6 Å². The second-order valence-corrected chi connectivity index (χ2v) is 23.5. The Balaban J connectivity index is 0.964. The monoisotopic (exact) mass is 985 g/mol. The first kappa shape index (κ1) is 52.7. The molecule has 1 spiro atoms. The van der Waals surface area contributed by atoms with Gasteiger partial charge in [-0.25, -0.2) is 0 Å². The Hall–Kier alpha value is -1.17. The molecule has 396 valence electrons. The third-order valence-corrected chi connectivity index (χ3v) is 19.5. The van der Waals surface area contributed by atoms with Crippen LogP contribution >= 0.6 is 0 Å². The van der Waals surface area contributed by atoms with Crippen molar-refractivity contribution in [3.63, 3.8) is 0 Å². The molecule has 0 aromatic heterocycles. The summed E-state index contributed by atoms with van der Waals surface area (Å²) in [6.45, 7) is 14.6. The van der Waals surface area contributed by atoms with Gasteiger partial charge in [0.25, 0.3) is 0 Å². The van der Waals surface area contributed by atoms with Crippen LogP contribution in [0.2, 0.25) is 0 Å². The minimum absolute atomic E-state index is 0.0570. The third kappa shape index (κ3) is 9.40. The van der Waals surface area contributed by atoms with Crippen molar-refractivity contribution in [1.82, 2.24) is 0 Å². The molecule has 5 saturated heterocycles. The standard InChI is InChI=1S/C51H84O18/c1-8-9-10-11-35(53)65-32-19-28-29(14-16-50(7)30(28)20-33-36(50)24(3)51(69-33)17-12-23(2)22-61-51)49(6)15-13-27(18-31(32)49)64-48-45(68-47-42(59)40(57)38(55)26(5)63-47)43(60)44(34(21-52)66-48)67-46-41(58)39(56)37(54)25(4)62-46/h23-34,36-48,52,54-60H,8-22H2,1-7H3/t23-,24?,25+,26+,27+,28?,29?,30?,31?,32+,33?,34-,36?,37+,38+,39-,40-,41-,42-,43+,44-,45-,46+,47+,48-,49-,50+,51-/m1/s1. The molecule has 0 bridgehead atoms. The molecule has 5 heterocycles. The molecule has 9 fully saturated rings. The fraction of sp³-hybridized carbons (Fsp3) is 0.980. The van der Waals surface area contributed by atoms with Crippen LogP contribution in [0.15, 0.2) is 0 Å². The number of hydrogen-bond donors (Lipinski definition) is 8. The highest BCUT2D eigenvalue weighted by Gasteiger charge is 2.70. The molecule has 7 unspecified atom stereocenters. The Morgan fingerprint density at radius 1 is 0.652 bits per heavy atom. The highest BCUT2D eigenvalue weighted by molar-refractivity contribution is 5.69. The summed E-state index contributed by atoms with van der Waals surface area (Å²) in [7, 11) is 0. The summed E-state index contributed by atoms with van der Waals surface area (Å²) in [6.07, 6.45) is -12.2. The van der Waals surface area contributed by atoms with Gasteiger partial charge >= 0.3 is 5.97 Å². The third-order valence-electron chi connectivity index (χ3n) is 19.5. The fourth-order valence-electron chi connectivity index (χ4n) is 15.5. The zero-order chi connectivity index (χ0) is 49.5. The molecule has 18 heteroatoms. The van der Waals surface area contributed by atoms with E-state index in [0.29, 0.717) is 48.9 Å². The first-order valence-electron chi connectivity index (χ1n) is 26.6. The Kier molecular flexibility index (Phi) is 15.7. The molecule has 0 aromatic rings. The normalized spacial score (nSPS) is 55.1. The van der Waals surface area contributed by atoms with Crippen LogP contribution in [0.5, 0.6) is 0 Å². The summed E-state index contributed by atoms with van der Waals surface area (Å²) in [4.78, 5) is 13.8. The summed E-state index contributed by atoms with van der Waals surface area (Å²) in [5, 5.41) is 86.9. The summed E-state index contributed by atoms with van der Waals surface area (Å²) in [6, 6.07) is 0. The minimum atomic E-state index is -1.75. The van der Waals surface area contributed by atoms with Gasteiger partial charge in [-0.3, -0.25) is 4.79 Å².